The van der Waals surface area contributed by atoms with E-state index in [1.54, 1.807) is 25.6 Å². The second kappa shape index (κ2) is 6.62. The number of carbonyl (C=O) groups excluding carboxylic acids is 1. The van der Waals surface area contributed by atoms with E-state index in [-0.39, 0.29) is 12.5 Å². The van der Waals surface area contributed by atoms with Crippen molar-refractivity contribution in [2.24, 2.45) is 0 Å². The minimum Gasteiger partial charge on any atom is -0.386 e. The van der Waals surface area contributed by atoms with Gasteiger partial charge in [0.05, 0.1) is 13.2 Å². The van der Waals surface area contributed by atoms with Crippen molar-refractivity contribution < 1.29 is 14.6 Å². The molecule has 0 radical (unpaired) electrons. The van der Waals surface area contributed by atoms with Crippen LogP contribution in [-0.4, -0.2) is 59.9 Å². The van der Waals surface area contributed by atoms with Crippen LogP contribution in [0.1, 0.15) is 12.8 Å². The zero-order valence-electron chi connectivity index (χ0n) is 11.6. The van der Waals surface area contributed by atoms with Gasteiger partial charge in [-0.05, 0) is 12.5 Å². The zero-order chi connectivity index (χ0) is 14.4. The molecule has 20 heavy (non-hydrogen) atoms. The molecule has 1 saturated heterocycles. The zero-order valence-corrected chi connectivity index (χ0v) is 11.6. The van der Waals surface area contributed by atoms with E-state index < -0.39 is 5.60 Å². The fourth-order valence-corrected chi connectivity index (χ4v) is 2.17. The maximum absolute atomic E-state index is 11.5. The van der Waals surface area contributed by atoms with Crippen molar-refractivity contribution >= 4 is 11.9 Å². The third kappa shape index (κ3) is 3.88. The number of hydrogen-bond donors (Lipinski definition) is 2. The minimum absolute atomic E-state index is 0.116. The molecule has 2 rings (SSSR count). The number of rotatable bonds is 6. The second-order valence-electron chi connectivity index (χ2n) is 4.96. The molecule has 0 spiro atoms. The summed E-state index contributed by atoms with van der Waals surface area (Å²) in [6, 6.07) is 1.75. The van der Waals surface area contributed by atoms with Gasteiger partial charge in [-0.15, -0.1) is 0 Å². The Morgan fingerprint density at radius 2 is 2.30 bits per heavy atom. The molecule has 1 aromatic rings. The first-order valence-corrected chi connectivity index (χ1v) is 6.63. The number of aromatic nitrogens is 2. The third-order valence-electron chi connectivity index (χ3n) is 3.32. The number of aliphatic hydroxyl groups is 1. The summed E-state index contributed by atoms with van der Waals surface area (Å²) in [7, 11) is 1.55. The van der Waals surface area contributed by atoms with Crippen LogP contribution in [-0.2, 0) is 9.53 Å². The smallest absolute Gasteiger partial charge is 0.225 e. The Labute approximate surface area is 118 Å². The van der Waals surface area contributed by atoms with E-state index in [0.717, 1.165) is 0 Å². The normalized spacial score (nSPS) is 22.0. The quantitative estimate of drug-likeness (QED) is 0.735. The van der Waals surface area contributed by atoms with Crippen molar-refractivity contribution in [2.45, 2.75) is 18.4 Å². The molecule has 1 aliphatic rings. The van der Waals surface area contributed by atoms with Crippen molar-refractivity contribution in [1.29, 1.82) is 0 Å². The number of carbonyl (C=O) groups is 1. The van der Waals surface area contributed by atoms with Gasteiger partial charge in [-0.3, -0.25) is 4.79 Å². The summed E-state index contributed by atoms with van der Waals surface area (Å²) in [6.45, 7) is 1.71. The molecule has 110 valence electrons. The van der Waals surface area contributed by atoms with Crippen LogP contribution in [0.5, 0.6) is 0 Å². The van der Waals surface area contributed by atoms with Gasteiger partial charge in [-0.2, -0.15) is 0 Å². The van der Waals surface area contributed by atoms with E-state index in [1.807, 2.05) is 4.90 Å². The molecule has 1 amide bonds. The summed E-state index contributed by atoms with van der Waals surface area (Å²) in [5, 5.41) is 13.2. The van der Waals surface area contributed by atoms with Crippen LogP contribution >= 0.6 is 0 Å². The average molecular weight is 280 g/mol. The predicted molar refractivity (Wildman–Crippen MR) is 73.3 cm³/mol. The number of anilines is 1. The van der Waals surface area contributed by atoms with E-state index in [0.29, 0.717) is 38.5 Å². The fraction of sp³-hybridized carbons (Fsp3) is 0.615. The Kier molecular flexibility index (Phi) is 4.86. The van der Waals surface area contributed by atoms with Crippen LogP contribution < -0.4 is 10.2 Å². The summed E-state index contributed by atoms with van der Waals surface area (Å²) in [5.41, 5.74) is -0.929. The highest BCUT2D eigenvalue weighted by molar-refractivity contribution is 5.76. The lowest BCUT2D eigenvalue weighted by atomic mass is 10.0. The molecule has 2 heterocycles. The van der Waals surface area contributed by atoms with Gasteiger partial charge in [0, 0.05) is 39.0 Å². The average Bonchev–Trinajstić information content (AvgIpc) is 2.87. The first-order valence-electron chi connectivity index (χ1n) is 6.63. The Hall–Kier alpha value is -1.73. The number of hydrogen-bond acceptors (Lipinski definition) is 6. The summed E-state index contributed by atoms with van der Waals surface area (Å²) in [6.07, 6.45) is 4.23. The molecule has 1 aromatic heterocycles. The molecule has 1 atom stereocenters. The number of methoxy groups -OCH3 is 1. The molecule has 1 aliphatic heterocycles. The van der Waals surface area contributed by atoms with Gasteiger partial charge < -0.3 is 20.1 Å². The number of ether oxygens (including phenoxy) is 1. The molecule has 0 aromatic carbocycles. The Morgan fingerprint density at radius 1 is 1.55 bits per heavy atom. The van der Waals surface area contributed by atoms with Crippen molar-refractivity contribution in [2.75, 3.05) is 38.3 Å². The van der Waals surface area contributed by atoms with E-state index in [2.05, 4.69) is 15.3 Å². The molecule has 0 aliphatic carbocycles. The highest BCUT2D eigenvalue weighted by Gasteiger charge is 2.37. The number of nitrogens with one attached hydrogen (secondary N) is 1. The van der Waals surface area contributed by atoms with Crippen LogP contribution in [0, 0.1) is 0 Å². The van der Waals surface area contributed by atoms with Crippen molar-refractivity contribution in [3.05, 3.63) is 18.5 Å². The van der Waals surface area contributed by atoms with Gasteiger partial charge in [-0.1, -0.05) is 0 Å². The summed E-state index contributed by atoms with van der Waals surface area (Å²) in [4.78, 5) is 21.8. The van der Waals surface area contributed by atoms with E-state index in [9.17, 15) is 9.90 Å². The van der Waals surface area contributed by atoms with Crippen LogP contribution in [0.3, 0.4) is 0 Å². The third-order valence-corrected chi connectivity index (χ3v) is 3.32. The molecule has 0 unspecified atom stereocenters. The lowest BCUT2D eigenvalue weighted by molar-refractivity contribution is -0.123. The van der Waals surface area contributed by atoms with E-state index >= 15 is 0 Å². The number of nitrogens with zero attached hydrogens (tertiary/aromatic N) is 3. The number of β-amino-alcohol motifs (C(OH)–C–C–N with tert-alkyl or cyclic N) is 1. The molecular weight excluding hydrogens is 260 g/mol. The highest BCUT2D eigenvalue weighted by atomic mass is 16.5. The summed E-state index contributed by atoms with van der Waals surface area (Å²) >= 11 is 0. The molecule has 2 N–H and O–H groups in total. The monoisotopic (exact) mass is 280 g/mol. The van der Waals surface area contributed by atoms with Gasteiger partial charge in [0.1, 0.15) is 5.60 Å². The van der Waals surface area contributed by atoms with E-state index in [1.165, 1.54) is 0 Å². The van der Waals surface area contributed by atoms with Gasteiger partial charge in [0.15, 0.2) is 0 Å². The van der Waals surface area contributed by atoms with Crippen molar-refractivity contribution in [1.82, 2.24) is 15.3 Å². The Bertz CT molecular complexity index is 443. The van der Waals surface area contributed by atoms with Crippen LogP contribution in [0.4, 0.5) is 5.95 Å². The fourth-order valence-electron chi connectivity index (χ4n) is 2.17. The maximum Gasteiger partial charge on any atom is 0.225 e. The standard InChI is InChI=1S/C13H20N4O3/c1-20-8-3-11(18)16-9-13(19)4-7-17(10-13)12-14-5-2-6-15-12/h2,5-6,19H,3-4,7-10H2,1H3,(H,16,18)/t13-/m1/s1. The first-order chi connectivity index (χ1) is 9.63. The first kappa shape index (κ1) is 14.7. The van der Waals surface area contributed by atoms with Gasteiger partial charge >= 0.3 is 0 Å². The Balaban J connectivity index is 1.83. The molecular formula is C13H20N4O3. The summed E-state index contributed by atoms with van der Waals surface area (Å²) < 4.78 is 4.84. The van der Waals surface area contributed by atoms with E-state index in [4.69, 9.17) is 4.74 Å². The van der Waals surface area contributed by atoms with Crippen molar-refractivity contribution in [3.8, 4) is 0 Å². The number of amides is 1. The van der Waals surface area contributed by atoms with Crippen LogP contribution in [0.2, 0.25) is 0 Å². The topological polar surface area (TPSA) is 87.6 Å². The molecule has 7 nitrogen and oxygen atoms in total. The largest absolute Gasteiger partial charge is 0.386 e. The summed E-state index contributed by atoms with van der Waals surface area (Å²) in [5.74, 6) is 0.490. The minimum atomic E-state index is -0.929. The molecule has 0 bridgehead atoms. The van der Waals surface area contributed by atoms with Crippen LogP contribution in [0.15, 0.2) is 18.5 Å². The highest BCUT2D eigenvalue weighted by Crippen LogP contribution is 2.23. The predicted octanol–water partition coefficient (Wildman–Crippen LogP) is -0.429. The van der Waals surface area contributed by atoms with Gasteiger partial charge in [-0.25, -0.2) is 9.97 Å². The second-order valence-corrected chi connectivity index (χ2v) is 4.96. The lowest BCUT2D eigenvalue weighted by Gasteiger charge is -2.23. The lowest BCUT2D eigenvalue weighted by Crippen LogP contribution is -2.45. The van der Waals surface area contributed by atoms with Gasteiger partial charge in [0.25, 0.3) is 0 Å². The van der Waals surface area contributed by atoms with Crippen molar-refractivity contribution in [3.63, 3.8) is 0 Å². The molecule has 7 heteroatoms. The van der Waals surface area contributed by atoms with Gasteiger partial charge in [0.2, 0.25) is 11.9 Å². The Morgan fingerprint density at radius 3 is 3.00 bits per heavy atom. The molecule has 1 fully saturated rings. The molecule has 0 saturated carbocycles. The SMILES string of the molecule is COCCC(=O)NC[C@]1(O)CCN(c2ncccn2)C1. The maximum atomic E-state index is 11.5. The van der Waals surface area contributed by atoms with Crippen LogP contribution in [0.25, 0.3) is 0 Å².